The van der Waals surface area contributed by atoms with Crippen LogP contribution in [0.1, 0.15) is 79.3 Å². The Morgan fingerprint density at radius 3 is 2.27 bits per heavy atom. The predicted octanol–water partition coefficient (Wildman–Crippen LogP) is 9.14. The zero-order valence-corrected chi connectivity index (χ0v) is 26.7. The Labute approximate surface area is 266 Å². The molecule has 0 spiro atoms. The number of para-hydroxylation sites is 2. The van der Waals surface area contributed by atoms with Gasteiger partial charge in [0.2, 0.25) is 0 Å². The van der Waals surface area contributed by atoms with Gasteiger partial charge in [-0.2, -0.15) is 5.26 Å². The van der Waals surface area contributed by atoms with Gasteiger partial charge in [0, 0.05) is 31.2 Å². The molecule has 6 rings (SSSR count). The third-order valence-corrected chi connectivity index (χ3v) is 9.62. The lowest BCUT2D eigenvalue weighted by Crippen LogP contribution is -2.48. The fraction of sp³-hybridized carbons (Fsp3) is 0.368. The number of anilines is 1. The summed E-state index contributed by atoms with van der Waals surface area (Å²) in [5.74, 6) is 1.22. The highest BCUT2D eigenvalue weighted by Gasteiger charge is 2.31. The average Bonchev–Trinajstić information content (AvgIpc) is 3.44. The molecule has 226 valence electrons. The van der Waals surface area contributed by atoms with E-state index in [0.29, 0.717) is 5.56 Å². The molecule has 1 atom stereocenters. The maximum absolute atomic E-state index is 10.3. The first-order valence-corrected chi connectivity index (χ1v) is 16.6. The third-order valence-electron chi connectivity index (χ3n) is 9.28. The number of piperazine rings is 1. The van der Waals surface area contributed by atoms with Gasteiger partial charge < -0.3 is 4.90 Å². The van der Waals surface area contributed by atoms with Gasteiger partial charge in [-0.25, -0.2) is 4.98 Å². The molecule has 0 aliphatic carbocycles. The maximum atomic E-state index is 10.3. The Morgan fingerprint density at radius 2 is 1.52 bits per heavy atom. The number of pyridine rings is 1. The quantitative estimate of drug-likeness (QED) is 0.141. The number of hydrogen-bond acceptors (Lipinski definition) is 4. The van der Waals surface area contributed by atoms with Crippen molar-refractivity contribution < 1.29 is 0 Å². The highest BCUT2D eigenvalue weighted by atomic mass is 35.5. The molecule has 2 aromatic heterocycles. The van der Waals surface area contributed by atoms with Gasteiger partial charge in [-0.05, 0) is 60.2 Å². The minimum absolute atomic E-state index is 0.0893. The first-order chi connectivity index (χ1) is 21.6. The van der Waals surface area contributed by atoms with E-state index in [4.69, 9.17) is 16.6 Å². The molecule has 0 radical (unpaired) electrons. The monoisotopic (exact) mass is 603 g/mol. The van der Waals surface area contributed by atoms with E-state index in [1.807, 2.05) is 18.2 Å². The van der Waals surface area contributed by atoms with Crippen LogP contribution in [0.2, 0.25) is 5.02 Å². The highest BCUT2D eigenvalue weighted by Crippen LogP contribution is 2.37. The molecule has 0 N–H and O–H groups in total. The van der Waals surface area contributed by atoms with Gasteiger partial charge in [0.25, 0.3) is 0 Å². The minimum Gasteiger partial charge on any atom is -0.355 e. The lowest BCUT2D eigenvalue weighted by atomic mass is 9.95. The summed E-state index contributed by atoms with van der Waals surface area (Å²) in [7, 11) is 0. The van der Waals surface area contributed by atoms with Crippen LogP contribution in [0.15, 0.2) is 78.9 Å². The van der Waals surface area contributed by atoms with Crippen molar-refractivity contribution in [2.45, 2.75) is 64.8 Å². The Kier molecular flexibility index (Phi) is 9.50. The van der Waals surface area contributed by atoms with Crippen molar-refractivity contribution >= 4 is 34.1 Å². The third kappa shape index (κ3) is 5.94. The largest absolute Gasteiger partial charge is 0.355 e. The number of nitriles is 1. The zero-order chi connectivity index (χ0) is 30.5. The Morgan fingerprint density at radius 1 is 0.841 bits per heavy atom. The van der Waals surface area contributed by atoms with Gasteiger partial charge in [-0.15, -0.1) is 0 Å². The molecule has 0 unspecified atom stereocenters. The number of aromatic nitrogens is 2. The van der Waals surface area contributed by atoms with Crippen LogP contribution in [-0.4, -0.2) is 40.5 Å². The maximum Gasteiger partial charge on any atom is 0.157 e. The fourth-order valence-corrected chi connectivity index (χ4v) is 7.23. The van der Waals surface area contributed by atoms with Crippen LogP contribution in [-0.2, 0) is 6.42 Å². The second-order valence-electron chi connectivity index (χ2n) is 12.0. The number of unbranched alkanes of at least 4 members (excludes halogenated alkanes) is 5. The van der Waals surface area contributed by atoms with E-state index in [0.717, 1.165) is 71.9 Å². The van der Waals surface area contributed by atoms with E-state index in [1.54, 1.807) is 0 Å². The Bertz CT molecular complexity index is 1760. The van der Waals surface area contributed by atoms with Crippen LogP contribution in [0.3, 0.4) is 0 Å². The minimum atomic E-state index is 0.0893. The van der Waals surface area contributed by atoms with Crippen molar-refractivity contribution in [2.24, 2.45) is 0 Å². The van der Waals surface area contributed by atoms with Crippen LogP contribution in [0.4, 0.5) is 5.82 Å². The second kappa shape index (κ2) is 13.8. The van der Waals surface area contributed by atoms with Gasteiger partial charge in [0.05, 0.1) is 22.6 Å². The van der Waals surface area contributed by atoms with Gasteiger partial charge in [-0.1, -0.05) is 111 Å². The van der Waals surface area contributed by atoms with Gasteiger partial charge >= 0.3 is 0 Å². The molecule has 1 aliphatic heterocycles. The summed E-state index contributed by atoms with van der Waals surface area (Å²) in [6.45, 7) is 7.95. The van der Waals surface area contributed by atoms with Crippen LogP contribution in [0, 0.1) is 18.3 Å². The van der Waals surface area contributed by atoms with Gasteiger partial charge in [0.15, 0.2) is 5.65 Å². The summed E-state index contributed by atoms with van der Waals surface area (Å²) in [5.41, 5.74) is 8.26. The lowest BCUT2D eigenvalue weighted by Gasteiger charge is -2.41. The first kappa shape index (κ1) is 30.2. The summed E-state index contributed by atoms with van der Waals surface area (Å²) >= 11 is 6.80. The topological polar surface area (TPSA) is 47.6 Å². The molecular weight excluding hydrogens is 562 g/mol. The van der Waals surface area contributed by atoms with Crippen molar-refractivity contribution in [1.29, 1.82) is 5.26 Å². The van der Waals surface area contributed by atoms with Crippen molar-refractivity contribution in [3.05, 3.63) is 112 Å². The standard InChI is InChI=1S/C38H42ClN5/c1-3-4-5-6-7-11-18-30-28(2)32(27-40)37-41-34-21-14-15-22-35(34)44(37)38(30)43-25-23-42(24-26-43)36(29-16-9-8-10-17-29)31-19-12-13-20-33(31)39/h8-10,12-17,19-22,36H,3-7,11,18,23-26H2,1-2H3/t36-/m1/s1. The molecule has 5 nitrogen and oxygen atoms in total. The van der Waals surface area contributed by atoms with Crippen molar-refractivity contribution in [2.75, 3.05) is 31.1 Å². The first-order valence-electron chi connectivity index (χ1n) is 16.2. The van der Waals surface area contributed by atoms with E-state index in [9.17, 15) is 5.26 Å². The molecule has 44 heavy (non-hydrogen) atoms. The molecule has 0 saturated carbocycles. The second-order valence-corrected chi connectivity index (χ2v) is 12.5. The number of imidazole rings is 1. The molecule has 3 aromatic carbocycles. The van der Waals surface area contributed by atoms with Crippen molar-refractivity contribution in [1.82, 2.24) is 14.3 Å². The molecular formula is C38H42ClN5. The summed E-state index contributed by atoms with van der Waals surface area (Å²) in [6, 6.07) is 29.9. The van der Waals surface area contributed by atoms with E-state index in [-0.39, 0.29) is 6.04 Å². The molecule has 5 aromatic rings. The normalized spacial score (nSPS) is 14.7. The Balaban J connectivity index is 1.37. The number of hydrogen-bond donors (Lipinski definition) is 0. The molecule has 3 heterocycles. The van der Waals surface area contributed by atoms with E-state index < -0.39 is 0 Å². The van der Waals surface area contributed by atoms with Crippen molar-refractivity contribution in [3.8, 4) is 6.07 Å². The number of benzene rings is 3. The predicted molar refractivity (Wildman–Crippen MR) is 183 cm³/mol. The molecule has 1 saturated heterocycles. The molecule has 1 aliphatic rings. The average molecular weight is 604 g/mol. The molecule has 1 fully saturated rings. The molecule has 6 heteroatoms. The van der Waals surface area contributed by atoms with Crippen molar-refractivity contribution in [3.63, 3.8) is 0 Å². The van der Waals surface area contributed by atoms with Crippen LogP contribution in [0.25, 0.3) is 16.7 Å². The van der Waals surface area contributed by atoms with E-state index in [1.165, 1.54) is 49.0 Å². The highest BCUT2D eigenvalue weighted by molar-refractivity contribution is 6.31. The van der Waals surface area contributed by atoms with E-state index in [2.05, 4.69) is 94.8 Å². The number of fused-ring (bicyclic) bond motifs is 3. The lowest BCUT2D eigenvalue weighted by molar-refractivity contribution is 0.212. The number of halogens is 1. The van der Waals surface area contributed by atoms with Crippen LogP contribution < -0.4 is 4.90 Å². The van der Waals surface area contributed by atoms with Crippen LogP contribution >= 0.6 is 11.6 Å². The number of nitrogens with zero attached hydrogens (tertiary/aromatic N) is 5. The summed E-state index contributed by atoms with van der Waals surface area (Å²) in [6.07, 6.45) is 8.44. The zero-order valence-electron chi connectivity index (χ0n) is 26.0. The summed E-state index contributed by atoms with van der Waals surface area (Å²) in [5, 5.41) is 11.1. The van der Waals surface area contributed by atoms with E-state index >= 15 is 0 Å². The summed E-state index contributed by atoms with van der Waals surface area (Å²) in [4.78, 5) is 10.1. The molecule has 0 amide bonds. The fourth-order valence-electron chi connectivity index (χ4n) is 6.99. The molecule has 0 bridgehead atoms. The van der Waals surface area contributed by atoms with Crippen LogP contribution in [0.5, 0.6) is 0 Å². The number of rotatable bonds is 11. The smallest absolute Gasteiger partial charge is 0.157 e. The summed E-state index contributed by atoms with van der Waals surface area (Å²) < 4.78 is 2.28. The van der Waals surface area contributed by atoms with Gasteiger partial charge in [0.1, 0.15) is 11.9 Å². The SMILES string of the molecule is CCCCCCCCc1c(C)c(C#N)c2nc3ccccc3n2c1N1CCN([C@H](c2ccccc2)c2ccccc2Cl)CC1. The van der Waals surface area contributed by atoms with Gasteiger partial charge in [-0.3, -0.25) is 9.30 Å². The Hall–Kier alpha value is -3.85.